The summed E-state index contributed by atoms with van der Waals surface area (Å²) in [4.78, 5) is 17.7. The molecule has 0 radical (unpaired) electrons. The van der Waals surface area contributed by atoms with Crippen LogP contribution in [-0.4, -0.2) is 10.9 Å². The molecule has 2 aromatic rings. The van der Waals surface area contributed by atoms with E-state index in [4.69, 9.17) is 0 Å². The highest BCUT2D eigenvalue weighted by Crippen LogP contribution is 2.34. The quantitative estimate of drug-likeness (QED) is 0.723. The summed E-state index contributed by atoms with van der Waals surface area (Å²) in [5.41, 5.74) is 2.88. The van der Waals surface area contributed by atoms with Gasteiger partial charge in [0.2, 0.25) is 5.91 Å². The molecular weight excluding hydrogens is 200 g/mol. The molecule has 3 heteroatoms. The van der Waals surface area contributed by atoms with Gasteiger partial charge < -0.3 is 0 Å². The smallest absolute Gasteiger partial charge is 0.236 e. The first-order chi connectivity index (χ1) is 7.86. The van der Waals surface area contributed by atoms with Crippen LogP contribution in [0.5, 0.6) is 0 Å². The van der Waals surface area contributed by atoms with E-state index in [1.807, 2.05) is 36.4 Å². The van der Waals surface area contributed by atoms with Crippen LogP contribution in [0.3, 0.4) is 0 Å². The van der Waals surface area contributed by atoms with E-state index in [-0.39, 0.29) is 5.91 Å². The van der Waals surface area contributed by atoms with Gasteiger partial charge in [0.1, 0.15) is 0 Å². The Bertz CT molecular complexity index is 537. The van der Waals surface area contributed by atoms with Gasteiger partial charge in [0.15, 0.2) is 0 Å². The molecule has 3 rings (SSSR count). The number of rotatable bonds is 1. The molecule has 0 unspecified atom stereocenters. The maximum absolute atomic E-state index is 11.9. The zero-order chi connectivity index (χ0) is 11.0. The Morgan fingerprint density at radius 1 is 1.12 bits per heavy atom. The molecule has 0 bridgehead atoms. The van der Waals surface area contributed by atoms with Gasteiger partial charge in [-0.25, -0.2) is 0 Å². The number of aromatic nitrogens is 1. The van der Waals surface area contributed by atoms with Gasteiger partial charge in [-0.1, -0.05) is 18.2 Å². The number of para-hydroxylation sites is 1. The van der Waals surface area contributed by atoms with Crippen LogP contribution in [0.2, 0.25) is 0 Å². The average molecular weight is 210 g/mol. The third-order valence-electron chi connectivity index (χ3n) is 2.73. The highest BCUT2D eigenvalue weighted by Gasteiger charge is 2.27. The molecule has 0 saturated carbocycles. The van der Waals surface area contributed by atoms with Crippen molar-refractivity contribution in [1.29, 1.82) is 0 Å². The summed E-state index contributed by atoms with van der Waals surface area (Å²) in [6.07, 6.45) is 3.89. The minimum atomic E-state index is 0.106. The molecule has 1 aromatic heterocycles. The van der Waals surface area contributed by atoms with Crippen LogP contribution in [0.25, 0.3) is 0 Å². The Morgan fingerprint density at radius 3 is 2.81 bits per heavy atom. The Hall–Kier alpha value is -2.16. The number of pyridine rings is 1. The molecule has 78 valence electrons. The molecule has 0 atom stereocenters. The fourth-order valence-electron chi connectivity index (χ4n) is 2.02. The van der Waals surface area contributed by atoms with Crippen molar-refractivity contribution >= 4 is 17.3 Å². The fraction of sp³-hybridized carbons (Fsp3) is 0.0769. The summed E-state index contributed by atoms with van der Waals surface area (Å²) in [6, 6.07) is 11.6. The van der Waals surface area contributed by atoms with Crippen molar-refractivity contribution in [2.75, 3.05) is 4.90 Å². The Morgan fingerprint density at radius 2 is 2.00 bits per heavy atom. The van der Waals surface area contributed by atoms with Gasteiger partial charge in [-0.2, -0.15) is 0 Å². The van der Waals surface area contributed by atoms with Gasteiger partial charge in [0.25, 0.3) is 0 Å². The van der Waals surface area contributed by atoms with Crippen LogP contribution in [0.4, 0.5) is 11.4 Å². The normalized spacial score (nSPS) is 14.0. The third-order valence-corrected chi connectivity index (χ3v) is 2.73. The summed E-state index contributed by atoms with van der Waals surface area (Å²) in [6.45, 7) is 0. The van der Waals surface area contributed by atoms with Crippen molar-refractivity contribution in [3.63, 3.8) is 0 Å². The van der Waals surface area contributed by atoms with Crippen molar-refractivity contribution in [2.24, 2.45) is 0 Å². The van der Waals surface area contributed by atoms with Gasteiger partial charge in [-0.05, 0) is 23.8 Å². The van der Waals surface area contributed by atoms with Crippen LogP contribution in [0.15, 0.2) is 48.8 Å². The second kappa shape index (κ2) is 3.45. The number of anilines is 2. The number of amides is 1. The van der Waals surface area contributed by atoms with Crippen molar-refractivity contribution in [3.8, 4) is 0 Å². The molecule has 1 aliphatic rings. The average Bonchev–Trinajstić information content (AvgIpc) is 2.66. The minimum absolute atomic E-state index is 0.106. The van der Waals surface area contributed by atoms with E-state index in [0.717, 1.165) is 16.9 Å². The molecule has 1 aliphatic heterocycles. The summed E-state index contributed by atoms with van der Waals surface area (Å²) < 4.78 is 0. The van der Waals surface area contributed by atoms with Gasteiger partial charge in [-0.15, -0.1) is 0 Å². The van der Waals surface area contributed by atoms with E-state index in [9.17, 15) is 4.79 Å². The first-order valence-electron chi connectivity index (χ1n) is 5.17. The minimum Gasteiger partial charge on any atom is -0.279 e. The lowest BCUT2D eigenvalue weighted by Crippen LogP contribution is -2.20. The van der Waals surface area contributed by atoms with E-state index < -0.39 is 0 Å². The number of carbonyl (C=O) groups is 1. The highest BCUT2D eigenvalue weighted by atomic mass is 16.2. The van der Waals surface area contributed by atoms with Gasteiger partial charge in [-0.3, -0.25) is 14.7 Å². The number of nitrogens with zero attached hydrogens (tertiary/aromatic N) is 2. The maximum Gasteiger partial charge on any atom is 0.236 e. The molecule has 0 spiro atoms. The summed E-state index contributed by atoms with van der Waals surface area (Å²) in [7, 11) is 0. The summed E-state index contributed by atoms with van der Waals surface area (Å²) >= 11 is 0. The lowest BCUT2D eigenvalue weighted by atomic mass is 10.2. The molecule has 0 fully saturated rings. The number of benzene rings is 1. The van der Waals surface area contributed by atoms with E-state index in [2.05, 4.69) is 4.98 Å². The van der Waals surface area contributed by atoms with Crippen LogP contribution in [0.1, 0.15) is 5.56 Å². The van der Waals surface area contributed by atoms with Crippen LogP contribution >= 0.6 is 0 Å². The number of hydrogen-bond donors (Lipinski definition) is 0. The molecule has 2 heterocycles. The van der Waals surface area contributed by atoms with Crippen molar-refractivity contribution in [3.05, 3.63) is 54.4 Å². The predicted octanol–water partition coefficient (Wildman–Crippen LogP) is 2.30. The number of hydrogen-bond acceptors (Lipinski definition) is 2. The maximum atomic E-state index is 11.9. The first-order valence-corrected chi connectivity index (χ1v) is 5.17. The number of fused-ring (bicyclic) bond motifs is 1. The number of carbonyl (C=O) groups excluding carboxylic acids is 1. The molecule has 3 nitrogen and oxygen atoms in total. The molecule has 1 amide bonds. The third kappa shape index (κ3) is 1.29. The van der Waals surface area contributed by atoms with Gasteiger partial charge in [0, 0.05) is 6.20 Å². The Labute approximate surface area is 93.4 Å². The Balaban J connectivity index is 2.13. The lowest BCUT2D eigenvalue weighted by molar-refractivity contribution is -0.116. The molecule has 0 aliphatic carbocycles. The summed E-state index contributed by atoms with van der Waals surface area (Å²) in [5, 5.41) is 0. The van der Waals surface area contributed by atoms with E-state index in [1.54, 1.807) is 17.3 Å². The molecular formula is C13H10N2O. The van der Waals surface area contributed by atoms with E-state index in [1.165, 1.54) is 0 Å². The van der Waals surface area contributed by atoms with Crippen LogP contribution < -0.4 is 4.90 Å². The van der Waals surface area contributed by atoms with Crippen molar-refractivity contribution < 1.29 is 4.79 Å². The van der Waals surface area contributed by atoms with E-state index in [0.29, 0.717) is 6.42 Å². The van der Waals surface area contributed by atoms with Gasteiger partial charge >= 0.3 is 0 Å². The lowest BCUT2D eigenvalue weighted by Gasteiger charge is -2.16. The van der Waals surface area contributed by atoms with Crippen LogP contribution in [0, 0.1) is 0 Å². The summed E-state index contributed by atoms with van der Waals surface area (Å²) in [5.74, 6) is 0.106. The molecule has 0 N–H and O–H groups in total. The highest BCUT2D eigenvalue weighted by molar-refractivity contribution is 6.07. The fourth-order valence-corrected chi connectivity index (χ4v) is 2.02. The second-order valence-corrected chi connectivity index (χ2v) is 3.75. The van der Waals surface area contributed by atoms with E-state index >= 15 is 0 Å². The Kier molecular flexibility index (Phi) is 1.96. The van der Waals surface area contributed by atoms with Crippen LogP contribution in [-0.2, 0) is 11.2 Å². The zero-order valence-corrected chi connectivity index (χ0v) is 8.63. The molecule has 16 heavy (non-hydrogen) atoms. The first kappa shape index (κ1) is 9.09. The standard InChI is InChI=1S/C13H10N2O/c16-13-8-10-4-1-2-6-12(10)15(13)11-5-3-7-14-9-11/h1-7,9H,8H2. The topological polar surface area (TPSA) is 33.2 Å². The van der Waals surface area contributed by atoms with Gasteiger partial charge in [0.05, 0.1) is 24.0 Å². The van der Waals surface area contributed by atoms with Crippen molar-refractivity contribution in [1.82, 2.24) is 4.98 Å². The predicted molar refractivity (Wildman–Crippen MR) is 61.5 cm³/mol. The second-order valence-electron chi connectivity index (χ2n) is 3.75. The zero-order valence-electron chi connectivity index (χ0n) is 8.63. The molecule has 1 aromatic carbocycles. The SMILES string of the molecule is O=C1Cc2ccccc2N1c1cccnc1. The monoisotopic (exact) mass is 210 g/mol. The molecule has 0 saturated heterocycles. The largest absolute Gasteiger partial charge is 0.279 e. The van der Waals surface area contributed by atoms with Crippen molar-refractivity contribution in [2.45, 2.75) is 6.42 Å².